The Hall–Kier alpha value is -0.610. The molecule has 28 heavy (non-hydrogen) atoms. The first-order valence-electron chi connectivity index (χ1n) is 10.0. The molecule has 6 nitrogen and oxygen atoms in total. The molecule has 1 unspecified atom stereocenters. The van der Waals surface area contributed by atoms with Gasteiger partial charge in [-0.05, 0) is 43.6 Å². The van der Waals surface area contributed by atoms with E-state index in [1.54, 1.807) is 0 Å². The van der Waals surface area contributed by atoms with Crippen molar-refractivity contribution < 1.29 is 4.74 Å². The van der Waals surface area contributed by atoms with Crippen molar-refractivity contribution in [2.24, 2.45) is 4.99 Å². The second kappa shape index (κ2) is 12.8. The third kappa shape index (κ3) is 7.33. The summed E-state index contributed by atoms with van der Waals surface area (Å²) in [6.45, 7) is 8.69. The number of nitrogens with one attached hydrogen (secondary N) is 2. The summed E-state index contributed by atoms with van der Waals surface area (Å²) in [7, 11) is 1.83. The molecule has 2 N–H and O–H groups in total. The van der Waals surface area contributed by atoms with Gasteiger partial charge in [-0.3, -0.25) is 14.8 Å². The molecular formula is C20H33ClIN5O. The van der Waals surface area contributed by atoms with Crippen molar-refractivity contribution in [1.29, 1.82) is 0 Å². The number of guanidine groups is 1. The normalized spacial score (nSPS) is 19.9. The Morgan fingerprint density at radius 1 is 1.18 bits per heavy atom. The van der Waals surface area contributed by atoms with Gasteiger partial charge in [-0.25, -0.2) is 0 Å². The smallest absolute Gasteiger partial charge is 0.191 e. The highest BCUT2D eigenvalue weighted by Gasteiger charge is 2.23. The van der Waals surface area contributed by atoms with Gasteiger partial charge >= 0.3 is 0 Å². The maximum Gasteiger partial charge on any atom is 0.191 e. The molecule has 0 amide bonds. The number of nitrogens with zero attached hydrogens (tertiary/aromatic N) is 3. The summed E-state index contributed by atoms with van der Waals surface area (Å²) in [5.74, 6) is 0.856. The third-order valence-electron chi connectivity index (χ3n) is 5.33. The average Bonchev–Trinajstić information content (AvgIpc) is 3.22. The molecule has 2 saturated heterocycles. The Balaban J connectivity index is 0.00000280. The monoisotopic (exact) mass is 521 g/mol. The van der Waals surface area contributed by atoms with Crippen molar-refractivity contribution in [3.05, 3.63) is 34.9 Å². The fourth-order valence-electron chi connectivity index (χ4n) is 3.80. The summed E-state index contributed by atoms with van der Waals surface area (Å²) in [4.78, 5) is 9.35. The van der Waals surface area contributed by atoms with Gasteiger partial charge in [0.25, 0.3) is 0 Å². The molecule has 0 bridgehead atoms. The van der Waals surface area contributed by atoms with Crippen LogP contribution in [-0.4, -0.2) is 81.8 Å². The van der Waals surface area contributed by atoms with E-state index < -0.39 is 0 Å². The van der Waals surface area contributed by atoms with E-state index in [0.29, 0.717) is 6.04 Å². The lowest BCUT2D eigenvalue weighted by Crippen LogP contribution is -2.46. The zero-order valence-electron chi connectivity index (χ0n) is 16.7. The van der Waals surface area contributed by atoms with E-state index in [1.807, 2.05) is 19.2 Å². The minimum atomic E-state index is 0. The molecule has 2 fully saturated rings. The first-order valence-corrected chi connectivity index (χ1v) is 10.4. The third-order valence-corrected chi connectivity index (χ3v) is 5.56. The van der Waals surface area contributed by atoms with E-state index in [9.17, 15) is 0 Å². The number of morpholine rings is 1. The molecular weight excluding hydrogens is 489 g/mol. The lowest BCUT2D eigenvalue weighted by molar-refractivity contribution is 0.0389. The van der Waals surface area contributed by atoms with E-state index in [2.05, 4.69) is 37.6 Å². The molecule has 8 heteroatoms. The quantitative estimate of drug-likeness (QED) is 0.328. The fraction of sp³-hybridized carbons (Fsp3) is 0.650. The Labute approximate surface area is 191 Å². The molecule has 0 aliphatic carbocycles. The molecule has 158 valence electrons. The highest BCUT2D eigenvalue weighted by atomic mass is 127. The van der Waals surface area contributed by atoms with Crippen molar-refractivity contribution in [3.63, 3.8) is 0 Å². The molecule has 0 radical (unpaired) electrons. The van der Waals surface area contributed by atoms with E-state index in [1.165, 1.54) is 18.4 Å². The number of halogens is 2. The van der Waals surface area contributed by atoms with Gasteiger partial charge in [-0.2, -0.15) is 0 Å². The van der Waals surface area contributed by atoms with Crippen molar-refractivity contribution in [1.82, 2.24) is 20.4 Å². The zero-order valence-corrected chi connectivity index (χ0v) is 19.8. The first kappa shape index (κ1) is 23.7. The molecule has 0 spiro atoms. The average molecular weight is 522 g/mol. The van der Waals surface area contributed by atoms with E-state index >= 15 is 0 Å². The van der Waals surface area contributed by atoms with Crippen LogP contribution in [0.4, 0.5) is 0 Å². The van der Waals surface area contributed by atoms with Crippen LogP contribution < -0.4 is 10.6 Å². The zero-order chi connectivity index (χ0) is 18.9. The van der Waals surface area contributed by atoms with Crippen molar-refractivity contribution in [3.8, 4) is 0 Å². The van der Waals surface area contributed by atoms with Gasteiger partial charge in [0, 0.05) is 44.8 Å². The Morgan fingerprint density at radius 3 is 2.61 bits per heavy atom. The SMILES string of the molecule is CN=C(NCCN1CCOCC1)NCC(c1cccc(Cl)c1)N1CCCC1.I. The highest BCUT2D eigenvalue weighted by molar-refractivity contribution is 14.0. The van der Waals surface area contributed by atoms with Gasteiger partial charge in [0.15, 0.2) is 5.96 Å². The van der Waals surface area contributed by atoms with Crippen LogP contribution in [-0.2, 0) is 4.74 Å². The second-order valence-corrected chi connectivity index (χ2v) is 7.58. The number of likely N-dealkylation sites (tertiary alicyclic amines) is 1. The lowest BCUT2D eigenvalue weighted by atomic mass is 10.1. The number of hydrogen-bond donors (Lipinski definition) is 2. The van der Waals surface area contributed by atoms with Gasteiger partial charge in [-0.1, -0.05) is 23.7 Å². The molecule has 1 atom stereocenters. The van der Waals surface area contributed by atoms with Gasteiger partial charge < -0.3 is 15.4 Å². The molecule has 0 saturated carbocycles. The number of rotatable bonds is 7. The predicted molar refractivity (Wildman–Crippen MR) is 127 cm³/mol. The van der Waals surface area contributed by atoms with Crippen molar-refractivity contribution in [2.45, 2.75) is 18.9 Å². The van der Waals surface area contributed by atoms with Gasteiger partial charge in [0.1, 0.15) is 0 Å². The summed E-state index contributed by atoms with van der Waals surface area (Å²) < 4.78 is 5.40. The van der Waals surface area contributed by atoms with Gasteiger partial charge in [0.2, 0.25) is 0 Å². The van der Waals surface area contributed by atoms with Crippen molar-refractivity contribution >= 4 is 41.5 Å². The molecule has 2 heterocycles. The van der Waals surface area contributed by atoms with Crippen LogP contribution in [0, 0.1) is 0 Å². The number of ether oxygens (including phenoxy) is 1. The summed E-state index contributed by atoms with van der Waals surface area (Å²) in [6, 6.07) is 8.54. The number of hydrogen-bond acceptors (Lipinski definition) is 4. The number of benzene rings is 1. The molecule has 1 aromatic rings. The first-order chi connectivity index (χ1) is 13.3. The van der Waals surface area contributed by atoms with Crippen LogP contribution in [0.1, 0.15) is 24.4 Å². The standard InChI is InChI=1S/C20H32ClN5O.HI/c1-22-20(23-7-10-25-11-13-27-14-12-25)24-16-19(26-8-2-3-9-26)17-5-4-6-18(21)15-17;/h4-6,15,19H,2-3,7-14,16H2,1H3,(H2,22,23,24);1H. The van der Waals surface area contributed by atoms with E-state index in [-0.39, 0.29) is 24.0 Å². The van der Waals surface area contributed by atoms with Crippen LogP contribution in [0.15, 0.2) is 29.3 Å². The van der Waals surface area contributed by atoms with Gasteiger partial charge in [-0.15, -0.1) is 24.0 Å². The lowest BCUT2D eigenvalue weighted by Gasteiger charge is -2.29. The Bertz CT molecular complexity index is 606. The Kier molecular flexibility index (Phi) is 10.9. The topological polar surface area (TPSA) is 52.1 Å². The number of aliphatic imine (C=N–C) groups is 1. The van der Waals surface area contributed by atoms with Crippen LogP contribution >= 0.6 is 35.6 Å². The summed E-state index contributed by atoms with van der Waals surface area (Å²) in [5, 5.41) is 7.75. The molecule has 2 aliphatic heterocycles. The molecule has 2 aliphatic rings. The van der Waals surface area contributed by atoms with Crippen molar-refractivity contribution in [2.75, 3.05) is 66.1 Å². The van der Waals surface area contributed by atoms with E-state index in [4.69, 9.17) is 16.3 Å². The van der Waals surface area contributed by atoms with Gasteiger partial charge in [0.05, 0.1) is 19.3 Å². The molecule has 0 aromatic heterocycles. The fourth-order valence-corrected chi connectivity index (χ4v) is 3.99. The van der Waals surface area contributed by atoms with Crippen LogP contribution in [0.25, 0.3) is 0 Å². The van der Waals surface area contributed by atoms with Crippen LogP contribution in [0.5, 0.6) is 0 Å². The minimum absolute atomic E-state index is 0. The summed E-state index contributed by atoms with van der Waals surface area (Å²) in [6.07, 6.45) is 2.53. The summed E-state index contributed by atoms with van der Waals surface area (Å²) >= 11 is 6.24. The minimum Gasteiger partial charge on any atom is -0.379 e. The largest absolute Gasteiger partial charge is 0.379 e. The summed E-state index contributed by atoms with van der Waals surface area (Å²) in [5.41, 5.74) is 1.26. The van der Waals surface area contributed by atoms with E-state index in [0.717, 1.165) is 70.0 Å². The molecule has 1 aromatic carbocycles. The maximum absolute atomic E-state index is 6.24. The van der Waals surface area contributed by atoms with Crippen LogP contribution in [0.2, 0.25) is 5.02 Å². The highest BCUT2D eigenvalue weighted by Crippen LogP contribution is 2.26. The second-order valence-electron chi connectivity index (χ2n) is 7.15. The van der Waals surface area contributed by atoms with Crippen LogP contribution in [0.3, 0.4) is 0 Å². The Morgan fingerprint density at radius 2 is 1.93 bits per heavy atom. The molecule has 3 rings (SSSR count). The predicted octanol–water partition coefficient (Wildman–Crippen LogP) is 2.59. The maximum atomic E-state index is 6.24.